The van der Waals surface area contributed by atoms with Gasteiger partial charge in [0.15, 0.2) is 5.11 Å². The molecule has 6 rings (SSSR count). The molecule has 0 spiro atoms. The summed E-state index contributed by atoms with van der Waals surface area (Å²) in [5.74, 6) is 1.90. The van der Waals surface area contributed by atoms with Crippen molar-refractivity contribution in [2.75, 3.05) is 24.0 Å². The molecular formula is C32H27ClN4O3S. The first kappa shape index (κ1) is 26.7. The topological polar surface area (TPSA) is 66.1 Å². The number of carbonyl (C=O) groups is 1. The Morgan fingerprint density at radius 3 is 1.90 bits per heavy atom. The van der Waals surface area contributed by atoms with Crippen LogP contribution in [0.15, 0.2) is 115 Å². The Hall–Kier alpha value is -4.53. The number of nitrogens with zero attached hydrogens (tertiary/aromatic N) is 2. The lowest BCUT2D eigenvalue weighted by molar-refractivity contribution is -0.116. The zero-order chi connectivity index (χ0) is 28.5. The van der Waals surface area contributed by atoms with Gasteiger partial charge in [-0.25, -0.2) is 0 Å². The van der Waals surface area contributed by atoms with Crippen molar-refractivity contribution in [3.05, 3.63) is 131 Å². The third kappa shape index (κ3) is 4.96. The number of para-hydroxylation sites is 1. The van der Waals surface area contributed by atoms with Gasteiger partial charge in [-0.1, -0.05) is 54.1 Å². The summed E-state index contributed by atoms with van der Waals surface area (Å²) in [6.45, 7) is 0. The van der Waals surface area contributed by atoms with Crippen LogP contribution in [0.3, 0.4) is 0 Å². The van der Waals surface area contributed by atoms with Crippen LogP contribution in [-0.2, 0) is 4.79 Å². The van der Waals surface area contributed by atoms with Crippen LogP contribution in [0, 0.1) is 0 Å². The molecule has 2 aliphatic rings. The van der Waals surface area contributed by atoms with Crippen molar-refractivity contribution in [1.29, 1.82) is 0 Å². The second kappa shape index (κ2) is 11.2. The van der Waals surface area contributed by atoms with E-state index < -0.39 is 12.2 Å². The number of carbonyl (C=O) groups excluding carboxylic acids is 1. The van der Waals surface area contributed by atoms with Gasteiger partial charge >= 0.3 is 0 Å². The minimum Gasteiger partial charge on any atom is -0.497 e. The number of anilines is 2. The van der Waals surface area contributed by atoms with Gasteiger partial charge in [-0.05, 0) is 84.0 Å². The average Bonchev–Trinajstić information content (AvgIpc) is 3.01. The molecular weight excluding hydrogens is 556 g/mol. The zero-order valence-corrected chi connectivity index (χ0v) is 23.9. The molecule has 4 aromatic rings. The molecule has 0 fully saturated rings. The van der Waals surface area contributed by atoms with Crippen molar-refractivity contribution in [2.45, 2.75) is 12.2 Å². The molecule has 7 nitrogen and oxygen atoms in total. The molecule has 0 bridgehead atoms. The number of hydrogen-bond acceptors (Lipinski definition) is 5. The average molecular weight is 583 g/mol. The van der Waals surface area contributed by atoms with E-state index in [1.807, 2.05) is 95.9 Å². The van der Waals surface area contributed by atoms with E-state index in [2.05, 4.69) is 10.6 Å². The van der Waals surface area contributed by atoms with Crippen molar-refractivity contribution in [2.24, 2.45) is 0 Å². The monoisotopic (exact) mass is 582 g/mol. The number of halogens is 1. The molecule has 0 aromatic heterocycles. The van der Waals surface area contributed by atoms with Crippen LogP contribution in [0.5, 0.6) is 11.5 Å². The zero-order valence-electron chi connectivity index (χ0n) is 22.4. The highest BCUT2D eigenvalue weighted by Gasteiger charge is 2.45. The van der Waals surface area contributed by atoms with Gasteiger partial charge in [0.1, 0.15) is 23.5 Å². The quantitative estimate of drug-likeness (QED) is 0.257. The van der Waals surface area contributed by atoms with Crippen LogP contribution in [0.1, 0.15) is 23.3 Å². The van der Waals surface area contributed by atoms with Crippen LogP contribution in [-0.4, -0.2) is 25.2 Å². The van der Waals surface area contributed by atoms with Gasteiger partial charge in [-0.15, -0.1) is 0 Å². The van der Waals surface area contributed by atoms with Gasteiger partial charge in [0.05, 0.1) is 25.8 Å². The van der Waals surface area contributed by atoms with E-state index in [0.29, 0.717) is 27.2 Å². The lowest BCUT2D eigenvalue weighted by atomic mass is 9.92. The molecule has 9 heteroatoms. The molecule has 0 radical (unpaired) electrons. The van der Waals surface area contributed by atoms with Crippen molar-refractivity contribution in [1.82, 2.24) is 10.6 Å². The molecule has 0 unspecified atom stereocenters. The fourth-order valence-electron chi connectivity index (χ4n) is 5.18. The smallest absolute Gasteiger partial charge is 0.262 e. The van der Waals surface area contributed by atoms with Crippen LogP contribution < -0.4 is 29.9 Å². The number of benzene rings is 4. The summed E-state index contributed by atoms with van der Waals surface area (Å²) >= 11 is 12.2. The number of methoxy groups -OCH3 is 2. The van der Waals surface area contributed by atoms with Crippen LogP contribution in [0.25, 0.3) is 0 Å². The third-order valence-corrected chi connectivity index (χ3v) is 7.77. The summed E-state index contributed by atoms with van der Waals surface area (Å²) in [7, 11) is 3.25. The Morgan fingerprint density at radius 1 is 0.732 bits per heavy atom. The van der Waals surface area contributed by atoms with Gasteiger partial charge in [-0.3, -0.25) is 14.6 Å². The maximum atomic E-state index is 14.8. The van der Waals surface area contributed by atoms with Gasteiger partial charge in [-0.2, -0.15) is 0 Å². The maximum Gasteiger partial charge on any atom is 0.262 e. The van der Waals surface area contributed by atoms with E-state index in [4.69, 9.17) is 33.3 Å². The molecule has 0 aliphatic carbocycles. The Morgan fingerprint density at radius 2 is 1.32 bits per heavy atom. The lowest BCUT2D eigenvalue weighted by Crippen LogP contribution is -2.59. The number of thiocarbonyl (C=S) groups is 1. The molecule has 1 amide bonds. The van der Waals surface area contributed by atoms with Gasteiger partial charge < -0.3 is 20.1 Å². The van der Waals surface area contributed by atoms with Crippen LogP contribution in [0.2, 0.25) is 5.02 Å². The largest absolute Gasteiger partial charge is 0.497 e. The van der Waals surface area contributed by atoms with Gasteiger partial charge in [0.25, 0.3) is 5.91 Å². The predicted octanol–water partition coefficient (Wildman–Crippen LogP) is 6.34. The fraction of sp³-hybridized carbons (Fsp3) is 0.125. The predicted molar refractivity (Wildman–Crippen MR) is 165 cm³/mol. The van der Waals surface area contributed by atoms with Crippen molar-refractivity contribution in [3.8, 4) is 11.5 Å². The fourth-order valence-corrected chi connectivity index (χ4v) is 5.62. The molecule has 206 valence electrons. The first-order valence-electron chi connectivity index (χ1n) is 13.0. The van der Waals surface area contributed by atoms with Gasteiger partial charge in [0, 0.05) is 16.4 Å². The van der Waals surface area contributed by atoms with E-state index in [0.717, 1.165) is 28.3 Å². The first-order valence-corrected chi connectivity index (χ1v) is 13.8. The highest BCUT2D eigenvalue weighted by molar-refractivity contribution is 7.80. The summed E-state index contributed by atoms with van der Waals surface area (Å²) in [6, 6.07) is 31.8. The van der Waals surface area contributed by atoms with Crippen molar-refractivity contribution >= 4 is 46.2 Å². The highest BCUT2D eigenvalue weighted by Crippen LogP contribution is 2.41. The molecule has 0 saturated heterocycles. The molecule has 4 aromatic carbocycles. The number of ether oxygens (including phenoxy) is 2. The highest BCUT2D eigenvalue weighted by atomic mass is 35.5. The van der Waals surface area contributed by atoms with Gasteiger partial charge in [0.2, 0.25) is 0 Å². The van der Waals surface area contributed by atoms with E-state index >= 15 is 0 Å². The second-order valence-corrected chi connectivity index (χ2v) is 10.4. The molecule has 41 heavy (non-hydrogen) atoms. The SMILES string of the molecule is COc1ccc([C@@H]2NC(=S)N(c3ccccc3)C3=C2C(=O)N(c2ccc(Cl)cc2)[C@@H](c2ccc(OC)cc2)N3)cc1. The second-order valence-electron chi connectivity index (χ2n) is 9.56. The van der Waals surface area contributed by atoms with Crippen molar-refractivity contribution < 1.29 is 14.3 Å². The summed E-state index contributed by atoms with van der Waals surface area (Å²) in [4.78, 5) is 18.4. The summed E-state index contributed by atoms with van der Waals surface area (Å²) in [5, 5.41) is 8.18. The minimum absolute atomic E-state index is 0.168. The summed E-state index contributed by atoms with van der Waals surface area (Å²) in [5.41, 5.74) is 3.82. The van der Waals surface area contributed by atoms with Crippen LogP contribution in [0.4, 0.5) is 11.4 Å². The number of rotatable bonds is 6. The Balaban J connectivity index is 1.56. The Labute approximate surface area is 248 Å². The number of amides is 1. The molecule has 0 saturated carbocycles. The Bertz CT molecular complexity index is 1610. The third-order valence-electron chi connectivity index (χ3n) is 7.22. The summed E-state index contributed by atoms with van der Waals surface area (Å²) < 4.78 is 10.8. The van der Waals surface area contributed by atoms with E-state index in [1.165, 1.54) is 0 Å². The number of hydrogen-bond donors (Lipinski definition) is 2. The van der Waals surface area contributed by atoms with E-state index in [1.54, 1.807) is 31.3 Å². The molecule has 2 aliphatic heterocycles. The minimum atomic E-state index is -0.544. The van der Waals surface area contributed by atoms with Crippen molar-refractivity contribution in [3.63, 3.8) is 0 Å². The Kier molecular flexibility index (Phi) is 7.26. The maximum absolute atomic E-state index is 14.8. The lowest BCUT2D eigenvalue weighted by Gasteiger charge is -2.47. The molecule has 2 N–H and O–H groups in total. The number of nitrogens with one attached hydrogen (secondary N) is 2. The standard InChI is InChI=1S/C32H27ClN4O3S/c1-39-25-16-8-20(9-17-25)28-27-30(37(32(41)34-28)23-6-4-3-5-7-23)35-29(21-10-18-26(40-2)19-11-21)36(31(27)38)24-14-12-22(33)13-15-24/h3-19,28-29,35H,1-2H3,(H,34,41)/t28-,29-/m0/s1. The van der Waals surface area contributed by atoms with E-state index in [9.17, 15) is 4.79 Å². The van der Waals surface area contributed by atoms with Crippen LogP contribution >= 0.6 is 23.8 Å². The molecule has 2 atom stereocenters. The molecule has 2 heterocycles. The normalized spacial score (nSPS) is 18.4. The van der Waals surface area contributed by atoms with E-state index in [-0.39, 0.29) is 5.91 Å². The summed E-state index contributed by atoms with van der Waals surface area (Å²) in [6.07, 6.45) is -0.544. The first-order chi connectivity index (χ1) is 20.0.